The Morgan fingerprint density at radius 1 is 1.10 bits per heavy atom. The zero-order valence-electron chi connectivity index (χ0n) is 12.4. The summed E-state index contributed by atoms with van der Waals surface area (Å²) >= 11 is 0. The van der Waals surface area contributed by atoms with E-state index in [4.69, 9.17) is 9.47 Å². The van der Waals surface area contributed by atoms with Gasteiger partial charge in [-0.1, -0.05) is 56.3 Å². The molecule has 0 amide bonds. The maximum absolute atomic E-state index is 6.30. The number of rotatable bonds is 3. The van der Waals surface area contributed by atoms with Crippen LogP contribution in [0.5, 0.6) is 0 Å². The molecular weight excluding hydrogens is 248 g/mol. The van der Waals surface area contributed by atoms with Crippen molar-refractivity contribution in [2.75, 3.05) is 7.11 Å². The zero-order valence-corrected chi connectivity index (χ0v) is 12.4. The lowest BCUT2D eigenvalue weighted by Gasteiger charge is -2.21. The van der Waals surface area contributed by atoms with E-state index in [0.29, 0.717) is 5.92 Å². The molecule has 2 nitrogen and oxygen atoms in total. The summed E-state index contributed by atoms with van der Waals surface area (Å²) in [5, 5.41) is 2.53. The van der Waals surface area contributed by atoms with Gasteiger partial charge in [0.15, 0.2) is 0 Å². The van der Waals surface area contributed by atoms with Crippen LogP contribution in [0.1, 0.15) is 31.9 Å². The van der Waals surface area contributed by atoms with Gasteiger partial charge in [0.1, 0.15) is 6.10 Å². The molecular formula is C18H22O2. The SMILES string of the molecule is CC[C@H]1O[C@@H](c2cccc3ccccc23)[C@H](OC)[C@@H]1C. The first-order valence-electron chi connectivity index (χ1n) is 7.42. The second kappa shape index (κ2) is 5.55. The Bertz CT molecular complexity index is 587. The predicted molar refractivity (Wildman–Crippen MR) is 81.8 cm³/mol. The third kappa shape index (κ3) is 2.13. The van der Waals surface area contributed by atoms with Gasteiger partial charge in [0.05, 0.1) is 12.2 Å². The molecule has 1 heterocycles. The van der Waals surface area contributed by atoms with Crippen molar-refractivity contribution in [3.8, 4) is 0 Å². The predicted octanol–water partition coefficient (Wildman–Crippen LogP) is 4.34. The van der Waals surface area contributed by atoms with E-state index in [0.717, 1.165) is 6.42 Å². The minimum Gasteiger partial charge on any atom is -0.378 e. The molecule has 0 unspecified atom stereocenters. The van der Waals surface area contributed by atoms with Crippen LogP contribution in [0, 0.1) is 5.92 Å². The van der Waals surface area contributed by atoms with Crippen molar-refractivity contribution >= 4 is 10.8 Å². The van der Waals surface area contributed by atoms with Crippen molar-refractivity contribution in [1.82, 2.24) is 0 Å². The summed E-state index contributed by atoms with van der Waals surface area (Å²) in [5.41, 5.74) is 1.25. The van der Waals surface area contributed by atoms with E-state index in [1.807, 2.05) is 0 Å². The summed E-state index contributed by atoms with van der Waals surface area (Å²) in [6.45, 7) is 4.41. The topological polar surface area (TPSA) is 18.5 Å². The molecule has 2 aromatic carbocycles. The molecule has 0 N–H and O–H groups in total. The number of hydrogen-bond donors (Lipinski definition) is 0. The van der Waals surface area contributed by atoms with Crippen LogP contribution < -0.4 is 0 Å². The van der Waals surface area contributed by atoms with E-state index in [2.05, 4.69) is 56.3 Å². The molecule has 1 aliphatic heterocycles. The molecule has 2 heteroatoms. The van der Waals surface area contributed by atoms with Gasteiger partial charge in [-0.3, -0.25) is 0 Å². The molecule has 0 bridgehead atoms. The Labute approximate surface area is 120 Å². The Morgan fingerprint density at radius 2 is 1.85 bits per heavy atom. The smallest absolute Gasteiger partial charge is 0.110 e. The number of hydrogen-bond acceptors (Lipinski definition) is 2. The average molecular weight is 270 g/mol. The molecule has 3 rings (SSSR count). The van der Waals surface area contributed by atoms with Gasteiger partial charge in [0.2, 0.25) is 0 Å². The van der Waals surface area contributed by atoms with Crippen molar-refractivity contribution in [2.24, 2.45) is 5.92 Å². The number of methoxy groups -OCH3 is 1. The lowest BCUT2D eigenvalue weighted by atomic mass is 9.91. The highest BCUT2D eigenvalue weighted by atomic mass is 16.6. The van der Waals surface area contributed by atoms with Gasteiger partial charge in [-0.05, 0) is 22.8 Å². The van der Waals surface area contributed by atoms with Crippen molar-refractivity contribution in [3.63, 3.8) is 0 Å². The highest BCUT2D eigenvalue weighted by Gasteiger charge is 2.42. The van der Waals surface area contributed by atoms with E-state index in [-0.39, 0.29) is 18.3 Å². The van der Waals surface area contributed by atoms with Gasteiger partial charge in [0.25, 0.3) is 0 Å². The summed E-state index contributed by atoms with van der Waals surface area (Å²) in [4.78, 5) is 0. The minimum absolute atomic E-state index is 0.0334. The molecule has 0 saturated carbocycles. The van der Waals surface area contributed by atoms with Crippen molar-refractivity contribution in [3.05, 3.63) is 48.0 Å². The van der Waals surface area contributed by atoms with Crippen LogP contribution in [0.25, 0.3) is 10.8 Å². The third-order valence-corrected chi connectivity index (χ3v) is 4.53. The molecule has 20 heavy (non-hydrogen) atoms. The zero-order chi connectivity index (χ0) is 14.1. The Morgan fingerprint density at radius 3 is 2.60 bits per heavy atom. The van der Waals surface area contributed by atoms with E-state index in [9.17, 15) is 0 Å². The monoisotopic (exact) mass is 270 g/mol. The second-order valence-electron chi connectivity index (χ2n) is 5.63. The van der Waals surface area contributed by atoms with Crippen LogP contribution in [-0.4, -0.2) is 19.3 Å². The standard InChI is InChI=1S/C18H22O2/c1-4-16-12(2)17(19-3)18(20-16)15-11-7-9-13-8-5-6-10-14(13)15/h5-12,16-18H,4H2,1-3H3/t12-,16-,17-,18+/m1/s1. The largest absolute Gasteiger partial charge is 0.378 e. The van der Waals surface area contributed by atoms with Crippen LogP contribution in [0.15, 0.2) is 42.5 Å². The van der Waals surface area contributed by atoms with E-state index >= 15 is 0 Å². The molecule has 0 spiro atoms. The molecule has 1 aliphatic rings. The maximum Gasteiger partial charge on any atom is 0.110 e. The van der Waals surface area contributed by atoms with Gasteiger partial charge in [-0.15, -0.1) is 0 Å². The van der Waals surface area contributed by atoms with Crippen LogP contribution in [0.3, 0.4) is 0 Å². The first kappa shape index (κ1) is 13.6. The second-order valence-corrected chi connectivity index (χ2v) is 5.63. The van der Waals surface area contributed by atoms with Gasteiger partial charge in [-0.25, -0.2) is 0 Å². The highest BCUT2D eigenvalue weighted by Crippen LogP contribution is 2.42. The molecule has 0 aromatic heterocycles. The fourth-order valence-electron chi connectivity index (χ4n) is 3.43. The maximum atomic E-state index is 6.30. The van der Waals surface area contributed by atoms with Gasteiger partial charge in [0, 0.05) is 13.0 Å². The summed E-state index contributed by atoms with van der Waals surface area (Å²) < 4.78 is 12.0. The Kier molecular flexibility index (Phi) is 3.77. The quantitative estimate of drug-likeness (QED) is 0.826. The summed E-state index contributed by atoms with van der Waals surface area (Å²) in [7, 11) is 1.79. The van der Waals surface area contributed by atoms with Gasteiger partial charge < -0.3 is 9.47 Å². The first-order valence-corrected chi connectivity index (χ1v) is 7.42. The molecule has 0 radical (unpaired) electrons. The molecule has 1 fully saturated rings. The number of benzene rings is 2. The molecule has 0 aliphatic carbocycles. The van der Waals surface area contributed by atoms with E-state index < -0.39 is 0 Å². The Hall–Kier alpha value is -1.38. The summed E-state index contributed by atoms with van der Waals surface area (Å²) in [6, 6.07) is 14.9. The van der Waals surface area contributed by atoms with Crippen LogP contribution in [-0.2, 0) is 9.47 Å². The minimum atomic E-state index is 0.0334. The normalized spacial score (nSPS) is 29.9. The van der Waals surface area contributed by atoms with Crippen molar-refractivity contribution < 1.29 is 9.47 Å². The lowest BCUT2D eigenvalue weighted by molar-refractivity contribution is -0.00684. The molecule has 106 valence electrons. The van der Waals surface area contributed by atoms with Crippen LogP contribution in [0.2, 0.25) is 0 Å². The lowest BCUT2D eigenvalue weighted by Crippen LogP contribution is -2.23. The third-order valence-electron chi connectivity index (χ3n) is 4.53. The molecule has 1 saturated heterocycles. The van der Waals surface area contributed by atoms with Gasteiger partial charge >= 0.3 is 0 Å². The van der Waals surface area contributed by atoms with Crippen molar-refractivity contribution in [2.45, 2.75) is 38.6 Å². The number of ether oxygens (including phenoxy) is 2. The van der Waals surface area contributed by atoms with E-state index in [1.165, 1.54) is 16.3 Å². The summed E-state index contributed by atoms with van der Waals surface area (Å²) in [6.07, 6.45) is 1.48. The van der Waals surface area contributed by atoms with Crippen LogP contribution in [0.4, 0.5) is 0 Å². The number of fused-ring (bicyclic) bond motifs is 1. The Balaban J connectivity index is 2.06. The first-order chi connectivity index (χ1) is 9.76. The van der Waals surface area contributed by atoms with Gasteiger partial charge in [-0.2, -0.15) is 0 Å². The van der Waals surface area contributed by atoms with E-state index in [1.54, 1.807) is 7.11 Å². The fraction of sp³-hybridized carbons (Fsp3) is 0.444. The highest BCUT2D eigenvalue weighted by molar-refractivity contribution is 5.86. The summed E-state index contributed by atoms with van der Waals surface area (Å²) in [5.74, 6) is 0.425. The fourth-order valence-corrected chi connectivity index (χ4v) is 3.43. The molecule has 4 atom stereocenters. The van der Waals surface area contributed by atoms with Crippen LogP contribution >= 0.6 is 0 Å². The molecule has 2 aromatic rings. The van der Waals surface area contributed by atoms with Crippen molar-refractivity contribution in [1.29, 1.82) is 0 Å². The average Bonchev–Trinajstić information content (AvgIpc) is 2.82.